The van der Waals surface area contributed by atoms with Crippen molar-refractivity contribution in [2.24, 2.45) is 7.05 Å². The third-order valence-electron chi connectivity index (χ3n) is 5.33. The molecule has 1 aromatic carbocycles. The lowest BCUT2D eigenvalue weighted by Gasteiger charge is -2.31. The summed E-state index contributed by atoms with van der Waals surface area (Å²) in [6, 6.07) is 8.19. The number of nitrogens with zero attached hydrogens (tertiary/aromatic N) is 4. The quantitative estimate of drug-likeness (QED) is 0.767. The first-order chi connectivity index (χ1) is 12.7. The molecule has 0 radical (unpaired) electrons. The normalized spacial score (nSPS) is 16.1. The summed E-state index contributed by atoms with van der Waals surface area (Å²) in [6.07, 6.45) is 8.07. The zero-order chi connectivity index (χ0) is 17.9. The van der Waals surface area contributed by atoms with Crippen LogP contribution < -0.4 is 4.74 Å². The zero-order valence-corrected chi connectivity index (χ0v) is 15.4. The molecule has 0 amide bonds. The SMILES string of the molecule is COc1cccc(-c2cn[nH]c2C2CCN(Cc3nccn3C)CC2)c1. The van der Waals surface area contributed by atoms with Crippen molar-refractivity contribution in [3.8, 4) is 16.9 Å². The number of imidazole rings is 1. The summed E-state index contributed by atoms with van der Waals surface area (Å²) in [6.45, 7) is 3.07. The number of rotatable bonds is 5. The maximum Gasteiger partial charge on any atom is 0.122 e. The smallest absolute Gasteiger partial charge is 0.122 e. The van der Waals surface area contributed by atoms with E-state index in [1.807, 2.05) is 30.7 Å². The van der Waals surface area contributed by atoms with Gasteiger partial charge in [-0.1, -0.05) is 12.1 Å². The summed E-state index contributed by atoms with van der Waals surface area (Å²) >= 11 is 0. The fourth-order valence-electron chi connectivity index (χ4n) is 3.76. The molecule has 0 aliphatic carbocycles. The van der Waals surface area contributed by atoms with E-state index in [2.05, 4.69) is 43.8 Å². The van der Waals surface area contributed by atoms with Gasteiger partial charge in [-0.2, -0.15) is 5.10 Å². The molecule has 26 heavy (non-hydrogen) atoms. The van der Waals surface area contributed by atoms with Gasteiger partial charge in [0, 0.05) is 36.6 Å². The first kappa shape index (κ1) is 16.8. The minimum atomic E-state index is 0.510. The number of methoxy groups -OCH3 is 1. The molecule has 3 heterocycles. The molecule has 4 rings (SSSR count). The van der Waals surface area contributed by atoms with Crippen LogP contribution in [0.2, 0.25) is 0 Å². The fourth-order valence-corrected chi connectivity index (χ4v) is 3.76. The van der Waals surface area contributed by atoms with Gasteiger partial charge in [0.2, 0.25) is 0 Å². The second-order valence-corrected chi connectivity index (χ2v) is 6.93. The molecule has 0 saturated carbocycles. The van der Waals surface area contributed by atoms with Crippen LogP contribution in [0.1, 0.15) is 30.3 Å². The molecular formula is C20H25N5O. The number of aromatic amines is 1. The van der Waals surface area contributed by atoms with E-state index in [4.69, 9.17) is 4.74 Å². The molecule has 1 N–H and O–H groups in total. The zero-order valence-electron chi connectivity index (χ0n) is 15.4. The molecule has 1 saturated heterocycles. The number of hydrogen-bond acceptors (Lipinski definition) is 4. The van der Waals surface area contributed by atoms with Gasteiger partial charge in [-0.15, -0.1) is 0 Å². The topological polar surface area (TPSA) is 59.0 Å². The van der Waals surface area contributed by atoms with Crippen molar-refractivity contribution in [2.75, 3.05) is 20.2 Å². The van der Waals surface area contributed by atoms with Crippen molar-refractivity contribution in [1.82, 2.24) is 24.6 Å². The standard InChI is InChI=1S/C20H25N5O/c1-24-11-8-21-19(24)14-25-9-6-15(7-10-25)20-18(13-22-23-20)16-4-3-5-17(12-16)26-2/h3-5,8,11-13,15H,6-7,9-10,14H2,1-2H3,(H,22,23). The van der Waals surface area contributed by atoms with Crippen LogP contribution >= 0.6 is 0 Å². The summed E-state index contributed by atoms with van der Waals surface area (Å²) < 4.78 is 7.47. The van der Waals surface area contributed by atoms with Crippen molar-refractivity contribution < 1.29 is 4.74 Å². The van der Waals surface area contributed by atoms with E-state index in [0.29, 0.717) is 5.92 Å². The van der Waals surface area contributed by atoms with Gasteiger partial charge in [0.1, 0.15) is 11.6 Å². The Labute approximate surface area is 153 Å². The summed E-state index contributed by atoms with van der Waals surface area (Å²) in [5.74, 6) is 2.51. The molecule has 1 fully saturated rings. The highest BCUT2D eigenvalue weighted by atomic mass is 16.5. The number of nitrogens with one attached hydrogen (secondary N) is 1. The fraction of sp³-hybridized carbons (Fsp3) is 0.400. The third kappa shape index (κ3) is 3.37. The van der Waals surface area contributed by atoms with E-state index in [9.17, 15) is 0 Å². The van der Waals surface area contributed by atoms with E-state index in [0.717, 1.165) is 49.6 Å². The van der Waals surface area contributed by atoms with Gasteiger partial charge in [0.05, 0.1) is 19.9 Å². The lowest BCUT2D eigenvalue weighted by Crippen LogP contribution is -2.33. The van der Waals surface area contributed by atoms with Crippen LogP contribution in [-0.4, -0.2) is 44.8 Å². The van der Waals surface area contributed by atoms with Gasteiger partial charge < -0.3 is 9.30 Å². The number of ether oxygens (including phenoxy) is 1. The Morgan fingerprint density at radius 2 is 2.12 bits per heavy atom. The minimum Gasteiger partial charge on any atom is -0.497 e. The average Bonchev–Trinajstić information content (AvgIpc) is 3.32. The summed E-state index contributed by atoms with van der Waals surface area (Å²) in [5.41, 5.74) is 3.59. The van der Waals surface area contributed by atoms with Gasteiger partial charge >= 0.3 is 0 Å². The van der Waals surface area contributed by atoms with Crippen LogP contribution in [0.5, 0.6) is 5.75 Å². The lowest BCUT2D eigenvalue weighted by molar-refractivity contribution is 0.197. The summed E-state index contributed by atoms with van der Waals surface area (Å²) in [7, 11) is 3.76. The number of likely N-dealkylation sites (tertiary alicyclic amines) is 1. The van der Waals surface area contributed by atoms with E-state index < -0.39 is 0 Å². The number of aryl methyl sites for hydroxylation is 1. The van der Waals surface area contributed by atoms with Crippen molar-refractivity contribution >= 4 is 0 Å². The minimum absolute atomic E-state index is 0.510. The number of H-pyrrole nitrogens is 1. The van der Waals surface area contributed by atoms with Crippen LogP contribution in [0.25, 0.3) is 11.1 Å². The molecular weight excluding hydrogens is 326 g/mol. The molecule has 0 unspecified atom stereocenters. The van der Waals surface area contributed by atoms with Crippen molar-refractivity contribution in [3.05, 3.63) is 54.4 Å². The van der Waals surface area contributed by atoms with Crippen LogP contribution in [0.4, 0.5) is 0 Å². The molecule has 0 spiro atoms. The number of aromatic nitrogens is 4. The molecule has 3 aromatic rings. The Bertz CT molecular complexity index is 860. The van der Waals surface area contributed by atoms with E-state index in [1.54, 1.807) is 7.11 Å². The Balaban J connectivity index is 1.45. The van der Waals surface area contributed by atoms with Gasteiger partial charge in [-0.3, -0.25) is 10.00 Å². The van der Waals surface area contributed by atoms with Gasteiger partial charge in [0.15, 0.2) is 0 Å². The first-order valence-corrected chi connectivity index (χ1v) is 9.11. The lowest BCUT2D eigenvalue weighted by atomic mass is 9.89. The monoisotopic (exact) mass is 351 g/mol. The Hall–Kier alpha value is -2.60. The van der Waals surface area contributed by atoms with Crippen molar-refractivity contribution in [2.45, 2.75) is 25.3 Å². The number of benzene rings is 1. The molecule has 0 atom stereocenters. The summed E-state index contributed by atoms with van der Waals surface area (Å²) in [5, 5.41) is 7.58. The molecule has 6 heteroatoms. The highest BCUT2D eigenvalue weighted by molar-refractivity contribution is 5.67. The van der Waals surface area contributed by atoms with E-state index in [1.165, 1.54) is 11.3 Å². The molecule has 1 aliphatic heterocycles. The van der Waals surface area contributed by atoms with Gasteiger partial charge in [0.25, 0.3) is 0 Å². The molecule has 0 bridgehead atoms. The second-order valence-electron chi connectivity index (χ2n) is 6.93. The predicted octanol–water partition coefficient (Wildman–Crippen LogP) is 3.20. The van der Waals surface area contributed by atoms with Crippen LogP contribution in [0.3, 0.4) is 0 Å². The van der Waals surface area contributed by atoms with Gasteiger partial charge in [-0.25, -0.2) is 4.98 Å². The Morgan fingerprint density at radius 1 is 1.27 bits per heavy atom. The largest absolute Gasteiger partial charge is 0.497 e. The highest BCUT2D eigenvalue weighted by Gasteiger charge is 2.25. The molecule has 1 aliphatic rings. The predicted molar refractivity (Wildman–Crippen MR) is 101 cm³/mol. The number of piperidine rings is 1. The third-order valence-corrected chi connectivity index (χ3v) is 5.33. The maximum absolute atomic E-state index is 5.37. The number of hydrogen-bond donors (Lipinski definition) is 1. The van der Waals surface area contributed by atoms with Crippen LogP contribution in [0.15, 0.2) is 42.9 Å². The van der Waals surface area contributed by atoms with Crippen molar-refractivity contribution in [3.63, 3.8) is 0 Å². The van der Waals surface area contributed by atoms with Crippen molar-refractivity contribution in [1.29, 1.82) is 0 Å². The Kier molecular flexibility index (Phi) is 4.75. The van der Waals surface area contributed by atoms with E-state index in [-0.39, 0.29) is 0 Å². The first-order valence-electron chi connectivity index (χ1n) is 9.11. The summed E-state index contributed by atoms with van der Waals surface area (Å²) in [4.78, 5) is 6.93. The molecule has 2 aromatic heterocycles. The van der Waals surface area contributed by atoms with Gasteiger partial charge in [-0.05, 0) is 43.6 Å². The van der Waals surface area contributed by atoms with E-state index >= 15 is 0 Å². The highest BCUT2D eigenvalue weighted by Crippen LogP contribution is 2.35. The second kappa shape index (κ2) is 7.33. The maximum atomic E-state index is 5.37. The van der Waals surface area contributed by atoms with Crippen LogP contribution in [0, 0.1) is 0 Å². The molecule has 6 nitrogen and oxygen atoms in total. The average molecular weight is 351 g/mol. The van der Waals surface area contributed by atoms with Crippen LogP contribution in [-0.2, 0) is 13.6 Å². The molecule has 136 valence electrons. The Morgan fingerprint density at radius 3 is 2.85 bits per heavy atom.